The first-order chi connectivity index (χ1) is 12.6. The van der Waals surface area contributed by atoms with Crippen molar-refractivity contribution in [2.24, 2.45) is 0 Å². The van der Waals surface area contributed by atoms with Crippen LogP contribution in [0.4, 0.5) is 0 Å². The summed E-state index contributed by atoms with van der Waals surface area (Å²) in [6, 6.07) is 9.26. The van der Waals surface area contributed by atoms with Crippen molar-refractivity contribution in [2.45, 2.75) is 37.1 Å². The van der Waals surface area contributed by atoms with Crippen LogP contribution in [0.3, 0.4) is 0 Å². The Hall–Kier alpha value is -2.09. The van der Waals surface area contributed by atoms with Gasteiger partial charge in [-0.3, -0.25) is 4.98 Å². The second-order valence-electron chi connectivity index (χ2n) is 6.33. The number of hydrogen-bond donors (Lipinski definition) is 1. The molecule has 0 saturated carbocycles. The topological polar surface area (TPSA) is 72.0 Å². The molecule has 1 N–H and O–H groups in total. The number of nitrogens with one attached hydrogen (secondary N) is 1. The van der Waals surface area contributed by atoms with E-state index >= 15 is 0 Å². The summed E-state index contributed by atoms with van der Waals surface area (Å²) in [6.45, 7) is 0.185. The summed E-state index contributed by atoms with van der Waals surface area (Å²) in [4.78, 5) is 8.92. The lowest BCUT2D eigenvalue weighted by atomic mass is 9.92. The first-order valence-corrected chi connectivity index (χ1v) is 10.9. The third-order valence-corrected chi connectivity index (χ3v) is 6.80. The largest absolute Gasteiger partial charge is 0.264 e. The monoisotopic (exact) mass is 385 g/mol. The van der Waals surface area contributed by atoms with E-state index in [0.29, 0.717) is 4.90 Å². The zero-order valence-electron chi connectivity index (χ0n) is 14.2. The lowest BCUT2D eigenvalue weighted by Crippen LogP contribution is -2.23. The van der Waals surface area contributed by atoms with Gasteiger partial charge in [0.1, 0.15) is 5.01 Å². The predicted molar refractivity (Wildman–Crippen MR) is 102 cm³/mol. The maximum atomic E-state index is 12.6. The van der Waals surface area contributed by atoms with Gasteiger partial charge in [0.05, 0.1) is 17.1 Å². The molecule has 0 atom stereocenters. The summed E-state index contributed by atoms with van der Waals surface area (Å²) in [7, 11) is -3.54. The summed E-state index contributed by atoms with van der Waals surface area (Å²) in [6.07, 6.45) is 7.76. The Kier molecular flexibility index (Phi) is 4.84. The number of thiazole rings is 1. The number of aryl methyl sites for hydroxylation is 2. The van der Waals surface area contributed by atoms with Crippen molar-refractivity contribution in [2.75, 3.05) is 0 Å². The highest BCUT2D eigenvalue weighted by atomic mass is 32.2. The van der Waals surface area contributed by atoms with Crippen molar-refractivity contribution in [1.82, 2.24) is 14.7 Å². The molecule has 5 nitrogen and oxygen atoms in total. The third kappa shape index (κ3) is 3.70. The Morgan fingerprint density at radius 2 is 1.96 bits per heavy atom. The van der Waals surface area contributed by atoms with Crippen molar-refractivity contribution in [3.63, 3.8) is 0 Å². The van der Waals surface area contributed by atoms with E-state index in [9.17, 15) is 8.42 Å². The van der Waals surface area contributed by atoms with Crippen LogP contribution in [0.25, 0.3) is 11.3 Å². The molecular weight excluding hydrogens is 366 g/mol. The fourth-order valence-corrected chi connectivity index (χ4v) is 5.03. The minimum absolute atomic E-state index is 0.185. The van der Waals surface area contributed by atoms with Gasteiger partial charge in [0.15, 0.2) is 0 Å². The molecule has 2 aromatic heterocycles. The Balaban J connectivity index is 1.48. The average Bonchev–Trinajstić information content (AvgIpc) is 3.16. The van der Waals surface area contributed by atoms with Crippen LogP contribution in [-0.4, -0.2) is 18.4 Å². The zero-order valence-corrected chi connectivity index (χ0v) is 15.8. The fraction of sp³-hybridized carbons (Fsp3) is 0.263. The molecule has 1 aliphatic rings. The first kappa shape index (κ1) is 17.3. The van der Waals surface area contributed by atoms with Gasteiger partial charge in [0.2, 0.25) is 10.0 Å². The molecule has 0 bridgehead atoms. The van der Waals surface area contributed by atoms with E-state index in [1.165, 1.54) is 23.3 Å². The highest BCUT2D eigenvalue weighted by molar-refractivity contribution is 7.89. The van der Waals surface area contributed by atoms with Crippen LogP contribution in [0.2, 0.25) is 0 Å². The molecule has 1 aromatic carbocycles. The minimum atomic E-state index is -3.54. The number of hydrogen-bond acceptors (Lipinski definition) is 5. The van der Waals surface area contributed by atoms with Crippen molar-refractivity contribution in [3.05, 3.63) is 64.2 Å². The quantitative estimate of drug-likeness (QED) is 0.729. The lowest BCUT2D eigenvalue weighted by molar-refractivity contribution is 0.580. The van der Waals surface area contributed by atoms with Crippen LogP contribution in [-0.2, 0) is 29.4 Å². The van der Waals surface area contributed by atoms with E-state index < -0.39 is 10.0 Å². The number of pyridine rings is 1. The zero-order chi connectivity index (χ0) is 18.0. The second-order valence-corrected chi connectivity index (χ2v) is 9.04. The molecule has 0 spiro atoms. The molecule has 0 fully saturated rings. The Morgan fingerprint density at radius 1 is 1.12 bits per heavy atom. The molecule has 26 heavy (non-hydrogen) atoms. The number of rotatable bonds is 5. The van der Waals surface area contributed by atoms with Gasteiger partial charge in [0, 0.05) is 23.3 Å². The molecular formula is C19H19N3O2S2. The summed E-state index contributed by atoms with van der Waals surface area (Å²) >= 11 is 1.44. The Bertz CT molecular complexity index is 1010. The number of benzene rings is 1. The molecule has 7 heteroatoms. The molecule has 0 saturated heterocycles. The van der Waals surface area contributed by atoms with Crippen LogP contribution in [0.5, 0.6) is 0 Å². The van der Waals surface area contributed by atoms with Gasteiger partial charge in [-0.1, -0.05) is 6.07 Å². The highest BCUT2D eigenvalue weighted by Crippen LogP contribution is 2.25. The van der Waals surface area contributed by atoms with Gasteiger partial charge in [0.25, 0.3) is 0 Å². The molecule has 134 valence electrons. The normalized spacial score (nSPS) is 14.2. The Morgan fingerprint density at radius 3 is 2.77 bits per heavy atom. The fourth-order valence-electron chi connectivity index (χ4n) is 3.16. The van der Waals surface area contributed by atoms with Gasteiger partial charge in [-0.2, -0.15) is 0 Å². The maximum Gasteiger partial charge on any atom is 0.240 e. The summed E-state index contributed by atoms with van der Waals surface area (Å²) in [5.74, 6) is 0. The van der Waals surface area contributed by atoms with Crippen LogP contribution in [0.15, 0.2) is 53.0 Å². The van der Waals surface area contributed by atoms with E-state index in [0.717, 1.165) is 41.1 Å². The minimum Gasteiger partial charge on any atom is -0.264 e. The van der Waals surface area contributed by atoms with E-state index in [-0.39, 0.29) is 6.54 Å². The van der Waals surface area contributed by atoms with Gasteiger partial charge in [-0.25, -0.2) is 18.1 Å². The number of aromatic nitrogens is 2. The van der Waals surface area contributed by atoms with Gasteiger partial charge in [-0.15, -0.1) is 11.3 Å². The summed E-state index contributed by atoms with van der Waals surface area (Å²) in [5.41, 5.74) is 4.17. The van der Waals surface area contributed by atoms with Gasteiger partial charge >= 0.3 is 0 Å². The standard InChI is InChI=1S/C19H19N3O2S2/c23-26(24,17-8-7-14-4-1-2-5-15(14)10-17)21-12-19-22-18(13-25-19)16-6-3-9-20-11-16/h3,6-11,13,21H,1-2,4-5,12H2. The molecule has 3 aromatic rings. The van der Waals surface area contributed by atoms with Gasteiger partial charge < -0.3 is 0 Å². The summed E-state index contributed by atoms with van der Waals surface area (Å²) in [5, 5.41) is 2.64. The Labute approximate surface area is 157 Å². The van der Waals surface area contributed by atoms with Crippen LogP contribution in [0, 0.1) is 0 Å². The van der Waals surface area contributed by atoms with Crippen LogP contribution in [0.1, 0.15) is 29.0 Å². The van der Waals surface area contributed by atoms with E-state index in [4.69, 9.17) is 0 Å². The van der Waals surface area contributed by atoms with E-state index in [1.807, 2.05) is 29.6 Å². The molecule has 2 heterocycles. The molecule has 0 unspecified atom stereocenters. The smallest absolute Gasteiger partial charge is 0.240 e. The van der Waals surface area contributed by atoms with Crippen LogP contribution < -0.4 is 4.72 Å². The summed E-state index contributed by atoms with van der Waals surface area (Å²) < 4.78 is 27.9. The third-order valence-electron chi connectivity index (χ3n) is 4.55. The highest BCUT2D eigenvalue weighted by Gasteiger charge is 2.18. The second kappa shape index (κ2) is 7.26. The number of fused-ring (bicyclic) bond motifs is 1. The van der Waals surface area contributed by atoms with Crippen molar-refractivity contribution >= 4 is 21.4 Å². The lowest BCUT2D eigenvalue weighted by Gasteiger charge is -2.16. The average molecular weight is 386 g/mol. The molecule has 0 amide bonds. The van der Waals surface area contributed by atoms with Gasteiger partial charge in [-0.05, 0) is 61.1 Å². The van der Waals surface area contributed by atoms with E-state index in [2.05, 4.69) is 14.7 Å². The van der Waals surface area contributed by atoms with Crippen LogP contribution >= 0.6 is 11.3 Å². The molecule has 0 aliphatic heterocycles. The van der Waals surface area contributed by atoms with Crippen molar-refractivity contribution in [1.29, 1.82) is 0 Å². The first-order valence-electron chi connectivity index (χ1n) is 8.58. The number of sulfonamides is 1. The molecule has 4 rings (SSSR count). The SMILES string of the molecule is O=S(=O)(NCc1nc(-c2cccnc2)cs1)c1ccc2c(c1)CCCC2. The molecule has 1 aliphatic carbocycles. The molecule has 0 radical (unpaired) electrons. The van der Waals surface area contributed by atoms with E-state index in [1.54, 1.807) is 18.5 Å². The number of nitrogens with zero attached hydrogens (tertiary/aromatic N) is 2. The predicted octanol–water partition coefficient (Wildman–Crippen LogP) is 3.56. The van der Waals surface area contributed by atoms with Crippen molar-refractivity contribution < 1.29 is 8.42 Å². The maximum absolute atomic E-state index is 12.6. The van der Waals surface area contributed by atoms with Crippen molar-refractivity contribution in [3.8, 4) is 11.3 Å².